The molecule has 1 saturated heterocycles. The normalized spacial score (nSPS) is 22.9. The van der Waals surface area contributed by atoms with Gasteiger partial charge in [-0.2, -0.15) is 0 Å². The van der Waals surface area contributed by atoms with Gasteiger partial charge in [0.05, 0.1) is 5.51 Å². The molecule has 0 radical (unpaired) electrons. The van der Waals surface area contributed by atoms with Crippen LogP contribution in [0.5, 0.6) is 0 Å². The molecule has 3 nitrogen and oxygen atoms in total. The van der Waals surface area contributed by atoms with Gasteiger partial charge in [-0.25, -0.2) is 0 Å². The SMILES string of the molecule is CN(Cc1cncs1)C1CCCNCC1. The molecule has 0 saturated carbocycles. The van der Waals surface area contributed by atoms with Crippen LogP contribution in [0.4, 0.5) is 0 Å². The Morgan fingerprint density at radius 1 is 1.53 bits per heavy atom. The zero-order valence-corrected chi connectivity index (χ0v) is 10.1. The molecule has 1 fully saturated rings. The molecule has 0 amide bonds. The summed E-state index contributed by atoms with van der Waals surface area (Å²) >= 11 is 1.75. The fraction of sp³-hybridized carbons (Fsp3) is 0.727. The van der Waals surface area contributed by atoms with Crippen LogP contribution in [0.2, 0.25) is 0 Å². The lowest BCUT2D eigenvalue weighted by atomic mass is 10.1. The van der Waals surface area contributed by atoms with Crippen molar-refractivity contribution in [3.05, 3.63) is 16.6 Å². The van der Waals surface area contributed by atoms with Crippen LogP contribution in [0.1, 0.15) is 24.1 Å². The number of rotatable bonds is 3. The Bertz CT molecular complexity index is 265. The minimum Gasteiger partial charge on any atom is -0.317 e. The Labute approximate surface area is 95.5 Å². The zero-order valence-electron chi connectivity index (χ0n) is 9.28. The van der Waals surface area contributed by atoms with Crippen LogP contribution >= 0.6 is 11.3 Å². The number of aromatic nitrogens is 1. The van der Waals surface area contributed by atoms with Crippen LogP contribution in [0.3, 0.4) is 0 Å². The molecular formula is C11H19N3S. The van der Waals surface area contributed by atoms with Gasteiger partial charge in [-0.1, -0.05) is 0 Å². The number of nitrogens with one attached hydrogen (secondary N) is 1. The van der Waals surface area contributed by atoms with E-state index < -0.39 is 0 Å². The first-order valence-electron chi connectivity index (χ1n) is 5.64. The summed E-state index contributed by atoms with van der Waals surface area (Å²) in [5.74, 6) is 0. The molecule has 0 aliphatic carbocycles. The summed E-state index contributed by atoms with van der Waals surface area (Å²) in [7, 11) is 2.23. The number of nitrogens with zero attached hydrogens (tertiary/aromatic N) is 2. The zero-order chi connectivity index (χ0) is 10.5. The molecule has 1 aliphatic heterocycles. The minimum atomic E-state index is 0.738. The van der Waals surface area contributed by atoms with Crippen LogP contribution in [0, 0.1) is 0 Å². The Morgan fingerprint density at radius 3 is 3.27 bits per heavy atom. The highest BCUT2D eigenvalue weighted by Gasteiger charge is 2.16. The number of thiazole rings is 1. The van der Waals surface area contributed by atoms with Crippen LogP contribution in [-0.2, 0) is 6.54 Å². The van der Waals surface area contributed by atoms with E-state index in [2.05, 4.69) is 22.2 Å². The van der Waals surface area contributed by atoms with Gasteiger partial charge < -0.3 is 5.32 Å². The molecule has 1 N–H and O–H groups in total. The molecule has 0 spiro atoms. The lowest BCUT2D eigenvalue weighted by Crippen LogP contribution is -2.31. The monoisotopic (exact) mass is 225 g/mol. The third-order valence-corrected chi connectivity index (χ3v) is 3.82. The molecule has 1 unspecified atom stereocenters. The predicted octanol–water partition coefficient (Wildman–Crippen LogP) is 1.72. The molecule has 2 heterocycles. The van der Waals surface area contributed by atoms with Crippen molar-refractivity contribution in [2.45, 2.75) is 31.8 Å². The van der Waals surface area contributed by atoms with Crippen molar-refractivity contribution < 1.29 is 0 Å². The second-order valence-electron chi connectivity index (χ2n) is 4.22. The molecule has 1 aromatic heterocycles. The second-order valence-corrected chi connectivity index (χ2v) is 5.19. The van der Waals surface area contributed by atoms with E-state index >= 15 is 0 Å². The molecule has 2 rings (SSSR count). The number of hydrogen-bond acceptors (Lipinski definition) is 4. The summed E-state index contributed by atoms with van der Waals surface area (Å²) in [5, 5.41) is 3.45. The maximum Gasteiger partial charge on any atom is 0.0794 e. The highest BCUT2D eigenvalue weighted by Crippen LogP contribution is 2.16. The van der Waals surface area contributed by atoms with Gasteiger partial charge in [0.25, 0.3) is 0 Å². The van der Waals surface area contributed by atoms with E-state index in [-0.39, 0.29) is 0 Å². The first-order chi connectivity index (χ1) is 7.36. The van der Waals surface area contributed by atoms with E-state index in [1.165, 1.54) is 30.7 Å². The third kappa shape index (κ3) is 3.26. The van der Waals surface area contributed by atoms with Crippen molar-refractivity contribution in [3.63, 3.8) is 0 Å². The van der Waals surface area contributed by atoms with Gasteiger partial charge >= 0.3 is 0 Å². The van der Waals surface area contributed by atoms with Gasteiger partial charge in [-0.3, -0.25) is 9.88 Å². The smallest absolute Gasteiger partial charge is 0.0794 e. The van der Waals surface area contributed by atoms with Gasteiger partial charge in [0, 0.05) is 23.7 Å². The first-order valence-corrected chi connectivity index (χ1v) is 6.52. The summed E-state index contributed by atoms with van der Waals surface area (Å²) in [6, 6.07) is 0.738. The quantitative estimate of drug-likeness (QED) is 0.849. The molecule has 4 heteroatoms. The van der Waals surface area contributed by atoms with E-state index in [1.807, 2.05) is 11.7 Å². The standard InChI is InChI=1S/C11H19N3S/c1-14(8-11-7-13-9-15-11)10-3-2-5-12-6-4-10/h7,9-10,12H,2-6,8H2,1H3. The molecule has 1 aliphatic rings. The Hall–Kier alpha value is -0.450. The topological polar surface area (TPSA) is 28.2 Å². The van der Waals surface area contributed by atoms with E-state index in [9.17, 15) is 0 Å². The maximum atomic E-state index is 4.12. The summed E-state index contributed by atoms with van der Waals surface area (Å²) in [4.78, 5) is 7.96. The fourth-order valence-electron chi connectivity index (χ4n) is 2.14. The van der Waals surface area contributed by atoms with Gasteiger partial charge in [0.2, 0.25) is 0 Å². The highest BCUT2D eigenvalue weighted by atomic mass is 32.1. The summed E-state index contributed by atoms with van der Waals surface area (Å²) in [6.07, 6.45) is 5.88. The van der Waals surface area contributed by atoms with Crippen molar-refractivity contribution in [2.75, 3.05) is 20.1 Å². The lowest BCUT2D eigenvalue weighted by molar-refractivity contribution is 0.218. The molecule has 15 heavy (non-hydrogen) atoms. The van der Waals surface area contributed by atoms with Crippen LogP contribution in [0.15, 0.2) is 11.7 Å². The predicted molar refractivity (Wildman–Crippen MR) is 64.1 cm³/mol. The lowest BCUT2D eigenvalue weighted by Gasteiger charge is -2.26. The molecule has 84 valence electrons. The van der Waals surface area contributed by atoms with Gasteiger partial charge in [-0.15, -0.1) is 11.3 Å². The van der Waals surface area contributed by atoms with E-state index in [1.54, 1.807) is 11.3 Å². The fourth-order valence-corrected chi connectivity index (χ4v) is 2.79. The van der Waals surface area contributed by atoms with E-state index in [0.717, 1.165) is 19.1 Å². The number of hydrogen-bond donors (Lipinski definition) is 1. The van der Waals surface area contributed by atoms with Crippen molar-refractivity contribution in [3.8, 4) is 0 Å². The van der Waals surface area contributed by atoms with Crippen molar-refractivity contribution in [1.82, 2.24) is 15.2 Å². The van der Waals surface area contributed by atoms with E-state index in [4.69, 9.17) is 0 Å². The minimum absolute atomic E-state index is 0.738. The molecular weight excluding hydrogens is 206 g/mol. The molecule has 0 aromatic carbocycles. The van der Waals surface area contributed by atoms with Gasteiger partial charge in [-0.05, 0) is 39.4 Å². The molecule has 1 atom stereocenters. The van der Waals surface area contributed by atoms with Crippen LogP contribution < -0.4 is 5.32 Å². The van der Waals surface area contributed by atoms with Crippen LogP contribution in [-0.4, -0.2) is 36.1 Å². The van der Waals surface area contributed by atoms with E-state index in [0.29, 0.717) is 0 Å². The van der Waals surface area contributed by atoms with Crippen molar-refractivity contribution >= 4 is 11.3 Å². The average Bonchev–Trinajstić information content (AvgIpc) is 2.58. The Morgan fingerprint density at radius 2 is 2.47 bits per heavy atom. The second kappa shape index (κ2) is 5.58. The first kappa shape index (κ1) is 11.0. The summed E-state index contributed by atoms with van der Waals surface area (Å²) < 4.78 is 0. The summed E-state index contributed by atoms with van der Waals surface area (Å²) in [5.41, 5.74) is 1.91. The Kier molecular flexibility index (Phi) is 4.11. The average molecular weight is 225 g/mol. The Balaban J connectivity index is 1.86. The highest BCUT2D eigenvalue weighted by molar-refractivity contribution is 7.09. The van der Waals surface area contributed by atoms with Gasteiger partial charge in [0.1, 0.15) is 0 Å². The summed E-state index contributed by atoms with van der Waals surface area (Å²) in [6.45, 7) is 3.40. The molecule has 1 aromatic rings. The van der Waals surface area contributed by atoms with Gasteiger partial charge in [0.15, 0.2) is 0 Å². The maximum absolute atomic E-state index is 4.12. The van der Waals surface area contributed by atoms with Crippen molar-refractivity contribution in [1.29, 1.82) is 0 Å². The van der Waals surface area contributed by atoms with Crippen LogP contribution in [0.25, 0.3) is 0 Å². The molecule has 0 bridgehead atoms. The largest absolute Gasteiger partial charge is 0.317 e. The third-order valence-electron chi connectivity index (χ3n) is 3.06. The van der Waals surface area contributed by atoms with Crippen molar-refractivity contribution in [2.24, 2.45) is 0 Å².